The lowest BCUT2D eigenvalue weighted by atomic mass is 9.85. The highest BCUT2D eigenvalue weighted by molar-refractivity contribution is 6.35. The number of benzene rings is 3. The molecule has 0 radical (unpaired) electrons. The van der Waals surface area contributed by atoms with Crippen molar-refractivity contribution in [1.82, 2.24) is 29.7 Å². The first-order valence-corrected chi connectivity index (χ1v) is 19.3. The highest BCUT2D eigenvalue weighted by Crippen LogP contribution is 2.44. The molecule has 15 heteroatoms. The molecule has 1 atom stereocenters. The zero-order valence-corrected chi connectivity index (χ0v) is 31.8. The summed E-state index contributed by atoms with van der Waals surface area (Å²) in [5.74, 6) is -2.37. The zero-order chi connectivity index (χ0) is 38.9. The van der Waals surface area contributed by atoms with Crippen LogP contribution in [0.15, 0.2) is 65.7 Å². The van der Waals surface area contributed by atoms with E-state index in [1.54, 1.807) is 6.07 Å². The third kappa shape index (κ3) is 6.24. The molecule has 0 saturated carbocycles. The van der Waals surface area contributed by atoms with Crippen LogP contribution in [-0.4, -0.2) is 88.6 Å². The normalized spacial score (nSPS) is 19.7. The van der Waals surface area contributed by atoms with E-state index in [2.05, 4.69) is 71.6 Å². The van der Waals surface area contributed by atoms with Gasteiger partial charge in [-0.3, -0.25) is 29.2 Å². The second-order valence-electron chi connectivity index (χ2n) is 15.5. The Kier molecular flexibility index (Phi) is 9.00. The van der Waals surface area contributed by atoms with E-state index in [1.807, 2.05) is 29.4 Å². The molecule has 1 N–H and O–H groups in total. The summed E-state index contributed by atoms with van der Waals surface area (Å²) in [6, 6.07) is 14.6. The van der Waals surface area contributed by atoms with Crippen molar-refractivity contribution in [2.24, 2.45) is 0 Å². The highest BCUT2D eigenvalue weighted by Gasteiger charge is 2.39. The van der Waals surface area contributed by atoms with Crippen molar-refractivity contribution in [1.29, 1.82) is 0 Å². The third-order valence-electron chi connectivity index (χ3n) is 11.7. The van der Waals surface area contributed by atoms with Crippen LogP contribution < -0.4 is 25.6 Å². The van der Waals surface area contributed by atoms with Crippen LogP contribution in [0.2, 0.25) is 5.02 Å². The number of nitrogens with zero attached hydrogens (tertiary/aromatic N) is 8. The number of anilines is 3. The second-order valence-corrected chi connectivity index (χ2v) is 15.9. The molecule has 0 bridgehead atoms. The molecule has 9 rings (SSSR count). The van der Waals surface area contributed by atoms with Crippen molar-refractivity contribution in [3.8, 4) is 5.69 Å². The van der Waals surface area contributed by atoms with Crippen LogP contribution in [0.1, 0.15) is 55.1 Å². The Morgan fingerprint density at radius 2 is 1.50 bits per heavy atom. The van der Waals surface area contributed by atoms with E-state index in [0.717, 1.165) is 60.7 Å². The third-order valence-corrected chi connectivity index (χ3v) is 12.0. The minimum absolute atomic E-state index is 0.0467. The summed E-state index contributed by atoms with van der Waals surface area (Å²) < 4.78 is 32.4. The molecule has 2 amide bonds. The van der Waals surface area contributed by atoms with Gasteiger partial charge in [-0.1, -0.05) is 23.7 Å². The van der Waals surface area contributed by atoms with Crippen LogP contribution >= 0.6 is 11.6 Å². The maximum Gasteiger partial charge on any atom is 0.282 e. The van der Waals surface area contributed by atoms with Gasteiger partial charge in [0.2, 0.25) is 17.8 Å². The molecule has 1 unspecified atom stereocenters. The standard InChI is InChI=1S/C41H40ClF2N9O3/c1-41(2)28-8-6-25(20-33(28)53-32-5-3-4-29(42)36(32)38(56)48-39(41)53)50-12-10-49(11-13-50)23-24-21-45-40(46-22-24)52-16-14-51(15-17-52)26-18-30(43)35(31(44)19-26)27-7-9-34(54)47-37(27)55/h3-6,8,18-22,27H,7,9-17,23H2,1-2H3,(H,47,54,55). The SMILES string of the molecule is CC1(C)c2ccc(N3CCN(Cc4cnc(N5CCN(c6cc(F)c(C7CCC(=O)NC7=O)c(F)c6)CC5)nc4)CC3)cc2-n2c1nc(=O)c1c(Cl)cccc12. The van der Waals surface area contributed by atoms with Gasteiger partial charge in [0.25, 0.3) is 5.56 Å². The van der Waals surface area contributed by atoms with Gasteiger partial charge >= 0.3 is 0 Å². The average Bonchev–Trinajstić information content (AvgIpc) is 3.41. The number of piperidine rings is 1. The minimum Gasteiger partial charge on any atom is -0.369 e. The predicted octanol–water partition coefficient (Wildman–Crippen LogP) is 4.92. The highest BCUT2D eigenvalue weighted by atomic mass is 35.5. The molecule has 4 aliphatic rings. The van der Waals surface area contributed by atoms with E-state index in [4.69, 9.17) is 11.6 Å². The zero-order valence-electron chi connectivity index (χ0n) is 31.1. The molecular formula is C41H40ClF2N9O3. The Morgan fingerprint density at radius 1 is 0.839 bits per heavy atom. The van der Waals surface area contributed by atoms with E-state index in [9.17, 15) is 14.4 Å². The number of halogens is 3. The van der Waals surface area contributed by atoms with Gasteiger partial charge in [0, 0.05) is 100 Å². The van der Waals surface area contributed by atoms with Gasteiger partial charge in [-0.25, -0.2) is 18.7 Å². The van der Waals surface area contributed by atoms with Crippen LogP contribution in [0.5, 0.6) is 0 Å². The van der Waals surface area contributed by atoms with Crippen LogP contribution in [-0.2, 0) is 21.5 Å². The van der Waals surface area contributed by atoms with Crippen molar-refractivity contribution in [3.63, 3.8) is 0 Å². The van der Waals surface area contributed by atoms with Crippen LogP contribution in [0.4, 0.5) is 26.1 Å². The van der Waals surface area contributed by atoms with E-state index < -0.39 is 34.8 Å². The fourth-order valence-corrected chi connectivity index (χ4v) is 8.93. The Balaban J connectivity index is 0.810. The van der Waals surface area contributed by atoms with E-state index in [1.165, 1.54) is 12.1 Å². The number of hydrogen-bond acceptors (Lipinski definition) is 10. The summed E-state index contributed by atoms with van der Waals surface area (Å²) in [6.45, 7) is 10.5. The van der Waals surface area contributed by atoms with Crippen LogP contribution in [0.3, 0.4) is 0 Å². The number of amides is 2. The van der Waals surface area contributed by atoms with Crippen molar-refractivity contribution in [3.05, 3.63) is 110 Å². The van der Waals surface area contributed by atoms with Gasteiger partial charge in [0.1, 0.15) is 17.5 Å². The number of nitrogens with one attached hydrogen (secondary N) is 1. The number of rotatable bonds is 6. The quantitative estimate of drug-likeness (QED) is 0.238. The first-order chi connectivity index (χ1) is 27.0. The molecule has 5 aromatic rings. The Labute approximate surface area is 326 Å². The molecule has 0 aliphatic carbocycles. The lowest BCUT2D eigenvalue weighted by Gasteiger charge is -2.37. The first-order valence-electron chi connectivity index (χ1n) is 18.9. The number of fused-ring (bicyclic) bond motifs is 5. The fraction of sp³-hybridized carbons (Fsp3) is 0.366. The molecule has 2 aromatic heterocycles. The van der Waals surface area contributed by atoms with E-state index >= 15 is 8.78 Å². The molecule has 6 heterocycles. The lowest BCUT2D eigenvalue weighted by Crippen LogP contribution is -2.47. The number of carbonyl (C=O) groups excluding carboxylic acids is 2. The lowest BCUT2D eigenvalue weighted by molar-refractivity contribution is -0.134. The van der Waals surface area contributed by atoms with Crippen LogP contribution in [0.25, 0.3) is 16.6 Å². The van der Waals surface area contributed by atoms with Crippen molar-refractivity contribution in [2.45, 2.75) is 44.6 Å². The molecule has 288 valence electrons. The number of imide groups is 1. The predicted molar refractivity (Wildman–Crippen MR) is 210 cm³/mol. The summed E-state index contributed by atoms with van der Waals surface area (Å²) in [5.41, 5.74) is 4.42. The summed E-state index contributed by atoms with van der Waals surface area (Å²) >= 11 is 6.48. The van der Waals surface area contributed by atoms with Crippen molar-refractivity contribution in [2.75, 3.05) is 67.1 Å². The molecule has 3 saturated heterocycles. The van der Waals surface area contributed by atoms with Crippen molar-refractivity contribution < 1.29 is 18.4 Å². The number of hydrogen-bond donors (Lipinski definition) is 1. The number of aromatic nitrogens is 4. The van der Waals surface area contributed by atoms with Gasteiger partial charge in [0.05, 0.1) is 32.9 Å². The molecule has 56 heavy (non-hydrogen) atoms. The monoisotopic (exact) mass is 779 g/mol. The average molecular weight is 780 g/mol. The Hall–Kier alpha value is -5.47. The molecule has 12 nitrogen and oxygen atoms in total. The summed E-state index contributed by atoms with van der Waals surface area (Å²) in [7, 11) is 0. The smallest absolute Gasteiger partial charge is 0.282 e. The fourth-order valence-electron chi connectivity index (χ4n) is 8.68. The minimum atomic E-state index is -1.03. The Bertz CT molecular complexity index is 2440. The first kappa shape index (κ1) is 36.2. The van der Waals surface area contributed by atoms with Crippen molar-refractivity contribution >= 4 is 51.6 Å². The maximum atomic E-state index is 15.2. The van der Waals surface area contributed by atoms with Crippen LogP contribution in [0, 0.1) is 11.6 Å². The van der Waals surface area contributed by atoms with Gasteiger partial charge < -0.3 is 14.7 Å². The number of carbonyl (C=O) groups is 2. The second kappa shape index (κ2) is 13.9. The Morgan fingerprint density at radius 3 is 2.20 bits per heavy atom. The molecule has 4 aliphatic heterocycles. The maximum absolute atomic E-state index is 15.2. The molecule has 0 spiro atoms. The summed E-state index contributed by atoms with van der Waals surface area (Å²) in [4.78, 5) is 59.4. The molecular weight excluding hydrogens is 740 g/mol. The van der Waals surface area contributed by atoms with Gasteiger partial charge in [-0.15, -0.1) is 0 Å². The largest absolute Gasteiger partial charge is 0.369 e. The van der Waals surface area contributed by atoms with Gasteiger partial charge in [0.15, 0.2) is 0 Å². The van der Waals surface area contributed by atoms with E-state index in [0.29, 0.717) is 54.0 Å². The summed E-state index contributed by atoms with van der Waals surface area (Å²) in [5, 5.41) is 3.01. The number of piperazine rings is 2. The summed E-state index contributed by atoms with van der Waals surface area (Å²) in [6.07, 6.45) is 3.87. The molecule has 3 fully saturated rings. The topological polar surface area (TPSA) is 120 Å². The van der Waals surface area contributed by atoms with Gasteiger partial charge in [-0.2, -0.15) is 4.98 Å². The van der Waals surface area contributed by atoms with Gasteiger partial charge in [-0.05, 0) is 62.2 Å². The molecule has 3 aromatic carbocycles. The van der Waals surface area contributed by atoms with E-state index in [-0.39, 0.29) is 24.0 Å².